The Hall–Kier alpha value is -2.10. The van der Waals surface area contributed by atoms with Crippen molar-refractivity contribution in [1.82, 2.24) is 34.6 Å². The molecule has 0 spiro atoms. The van der Waals surface area contributed by atoms with Gasteiger partial charge in [-0.3, -0.25) is 0 Å². The summed E-state index contributed by atoms with van der Waals surface area (Å²) in [5.74, 6) is -2.00. The van der Waals surface area contributed by atoms with Crippen LogP contribution in [0.1, 0.15) is 140 Å². The molecule has 3 atom stereocenters. The molecule has 6 N–H and O–H groups in total. The van der Waals surface area contributed by atoms with Crippen LogP contribution in [-0.2, 0) is 47.3 Å². The Kier molecular flexibility index (Phi) is 11.6. The van der Waals surface area contributed by atoms with Crippen LogP contribution in [0.25, 0.3) is 0 Å². The maximum Gasteiger partial charge on any atom is 0.271 e. The van der Waals surface area contributed by atoms with Crippen LogP contribution >= 0.6 is 11.8 Å². The van der Waals surface area contributed by atoms with Gasteiger partial charge in [0.25, 0.3) is 6.45 Å². The second kappa shape index (κ2) is 22.7. The van der Waals surface area contributed by atoms with E-state index >= 15 is 0 Å². The maximum atomic E-state index is 12.3. The van der Waals surface area contributed by atoms with E-state index in [4.69, 9.17) is 61.6 Å². The predicted molar refractivity (Wildman–Crippen MR) is 192 cm³/mol. The zero-order valence-electron chi connectivity index (χ0n) is 46.9. The quantitative estimate of drug-likeness (QED) is 0.0448. The molecule has 0 aliphatic heterocycles. The normalized spacial score (nSPS) is 22.0. The van der Waals surface area contributed by atoms with Crippen molar-refractivity contribution in [2.24, 2.45) is 10.9 Å². The number of halogens is 1. The smallest absolute Gasteiger partial charge is 0.271 e. The lowest BCUT2D eigenvalue weighted by Crippen LogP contribution is -2.54. The van der Waals surface area contributed by atoms with E-state index < -0.39 is 113 Å². The van der Waals surface area contributed by atoms with Crippen molar-refractivity contribution in [1.29, 1.82) is 0 Å². The first-order chi connectivity index (χ1) is 29.7. The highest BCUT2D eigenvalue weighted by Gasteiger charge is 2.32. The number of rotatable bonds is 14. The van der Waals surface area contributed by atoms with Gasteiger partial charge in [0.05, 0.1) is 48.1 Å². The molecule has 0 amide bonds. The highest BCUT2D eigenvalue weighted by atomic mass is 35.5. The Bertz CT molecular complexity index is 1860. The van der Waals surface area contributed by atoms with E-state index in [-0.39, 0.29) is 5.82 Å². The number of amidine groups is 1. The van der Waals surface area contributed by atoms with Crippen LogP contribution in [0.3, 0.4) is 0 Å². The van der Waals surface area contributed by atoms with Gasteiger partial charge in [0.2, 0.25) is 12.7 Å². The summed E-state index contributed by atoms with van der Waals surface area (Å²) < 4.78 is 184. The lowest BCUT2D eigenvalue weighted by Gasteiger charge is -2.28. The SMILES string of the molecule is [2H]C(OCC)(OCC)OCC.[2H]C([2H])([2H])C(N[S@@](=O)C(C)(C)C)(/C(N)=N/O)C([2H])([2H])[2H].[2H]c1nc(C(C)(NCl)C([2H])([2H])[2H])no1.[2H]c1nc(C(N[S@@](=O)C(C)(C)C)(C([2H])([2H])[2H])C([2H])([2H])[2H])no1. The highest BCUT2D eigenvalue weighted by molar-refractivity contribution is 7.84. The van der Waals surface area contributed by atoms with Crippen LogP contribution in [0, 0.1) is 0 Å². The predicted octanol–water partition coefficient (Wildman–Crippen LogP) is 4.35. The molecule has 2 rings (SSSR count). The Morgan fingerprint density at radius 1 is 0.898 bits per heavy atom. The van der Waals surface area contributed by atoms with Crippen molar-refractivity contribution in [2.75, 3.05) is 19.8 Å². The molecule has 0 aromatic carbocycles. The zero-order valence-corrected chi connectivity index (χ0v) is 31.3. The first-order valence-corrected chi connectivity index (χ1v) is 16.7. The van der Waals surface area contributed by atoms with Crippen LogP contribution in [0.2, 0.25) is 0 Å². The van der Waals surface area contributed by atoms with E-state index in [1.54, 1.807) is 41.5 Å². The number of nitrogens with two attached hydrogens (primary N) is 1. The van der Waals surface area contributed by atoms with Gasteiger partial charge in [0.15, 0.2) is 17.5 Å². The molecule has 0 radical (unpaired) electrons. The fraction of sp³-hybridized carbons (Fsp3) is 0.828. The second-order valence-corrected chi connectivity index (χ2v) is 15.3. The summed E-state index contributed by atoms with van der Waals surface area (Å²) in [7, 11) is -4.11. The van der Waals surface area contributed by atoms with Gasteiger partial charge in [-0.05, 0) is 115 Å². The number of nitrogens with zero attached hydrogens (tertiary/aromatic N) is 5. The largest absolute Gasteiger partial charge is 0.409 e. The molecule has 0 saturated carbocycles. The number of ether oxygens (including phenoxy) is 3. The van der Waals surface area contributed by atoms with E-state index in [0.717, 1.165) is 0 Å². The number of oxime groups is 1. The summed E-state index contributed by atoms with van der Waals surface area (Å²) in [6, 6.07) is 0. The Morgan fingerprint density at radius 3 is 1.59 bits per heavy atom. The van der Waals surface area contributed by atoms with Crippen molar-refractivity contribution in [3.63, 3.8) is 0 Å². The molecule has 2 heterocycles. The monoisotopic (exact) mass is 779 g/mol. The van der Waals surface area contributed by atoms with Gasteiger partial charge in [-0.15, -0.1) is 0 Å². The Labute approximate surface area is 327 Å². The van der Waals surface area contributed by atoms with Crippen molar-refractivity contribution < 1.29 is 61.6 Å². The molecule has 0 bridgehead atoms. The third kappa shape index (κ3) is 20.4. The first-order valence-electron chi connectivity index (χ1n) is 23.0. The molecule has 17 nitrogen and oxygen atoms in total. The molecule has 1 unspecified atom stereocenters. The molecule has 2 aromatic heterocycles. The van der Waals surface area contributed by atoms with E-state index in [0.29, 0.717) is 19.8 Å². The average Bonchev–Trinajstić information content (AvgIpc) is 3.77. The van der Waals surface area contributed by atoms with Crippen LogP contribution in [0.4, 0.5) is 0 Å². The Balaban J connectivity index is 0. The molecule has 49 heavy (non-hydrogen) atoms. The van der Waals surface area contributed by atoms with E-state index in [2.05, 4.69) is 44.0 Å². The minimum absolute atomic E-state index is 0.169. The van der Waals surface area contributed by atoms with E-state index in [1.165, 1.54) is 27.7 Å². The second-order valence-electron chi connectivity index (χ2n) is 11.1. The minimum Gasteiger partial charge on any atom is -0.409 e. The first kappa shape index (κ1) is 25.0. The summed E-state index contributed by atoms with van der Waals surface area (Å²) in [6.07, 6.45) is -1.20. The molecule has 288 valence electrons. The van der Waals surface area contributed by atoms with Crippen LogP contribution in [0.15, 0.2) is 26.9 Å². The minimum atomic E-state index is -3.21. The fourth-order valence-corrected chi connectivity index (χ4v) is 3.38. The van der Waals surface area contributed by atoms with Gasteiger partial charge >= 0.3 is 0 Å². The van der Waals surface area contributed by atoms with Gasteiger partial charge < -0.3 is 34.2 Å². The summed E-state index contributed by atoms with van der Waals surface area (Å²) in [5.41, 5.74) is -2.06. The number of aromatic nitrogens is 4. The fourth-order valence-electron chi connectivity index (χ4n) is 1.93. The molecular formula is C29H60ClN9O8S2. The van der Waals surface area contributed by atoms with Crippen LogP contribution < -0.4 is 20.0 Å². The van der Waals surface area contributed by atoms with Gasteiger partial charge in [0, 0.05) is 40.4 Å². The van der Waals surface area contributed by atoms with Gasteiger partial charge in [0.1, 0.15) is 4.11 Å². The number of hydrogen-bond acceptors (Lipinski definition) is 14. The number of hydrogen-bond donors (Lipinski definition) is 5. The van der Waals surface area contributed by atoms with E-state index in [9.17, 15) is 8.42 Å². The summed E-state index contributed by atoms with van der Waals surface area (Å²) in [5, 5.41) is 17.9. The molecule has 0 aliphatic rings. The van der Waals surface area contributed by atoms with Crippen molar-refractivity contribution in [3.8, 4) is 0 Å². The van der Waals surface area contributed by atoms with Crippen molar-refractivity contribution in [2.45, 2.75) is 136 Å². The summed E-state index contributed by atoms with van der Waals surface area (Å²) in [4.78, 5) is 9.01. The van der Waals surface area contributed by atoms with Crippen molar-refractivity contribution >= 4 is 39.6 Å². The maximum absolute atomic E-state index is 12.3. The molecule has 2 aromatic rings. The third-order valence-electron chi connectivity index (χ3n) is 4.50. The molecule has 0 fully saturated rings. The molecule has 0 saturated heterocycles. The standard InChI is InChI=1S/C9H17N3O2S.C8H19N3O2S.C7H16O3.C5H8ClN3O/c1-8(2,3)15(13)12-9(4,5)7-10-6-14-11-7;1-7(2,3)14(13)11-8(4,5)6(9)10-12;1-4-8-7(9-5-2)10-6-3;1-5(2,9-6)4-7-3-10-8-4/h6,12H,1-5H3;11-12H,1-5H3,(H2,9,10);7H,4-6H2,1-3H3;3,9H,1-2H3/t15-;14-;;/m00../s1/i4D3,5D3,6D;4D3,5D3;7D;1D3,3D. The molecule has 0 aliphatic carbocycles. The molecule has 20 heteroatoms. The number of nitrogens with one attached hydrogen (secondary N) is 3. The van der Waals surface area contributed by atoms with Gasteiger partial charge in [-0.25, -0.2) is 22.7 Å². The topological polar surface area (TPSA) is 234 Å². The average molecular weight is 781 g/mol. The van der Waals surface area contributed by atoms with Gasteiger partial charge in [-0.2, -0.15) is 9.97 Å². The lowest BCUT2D eigenvalue weighted by molar-refractivity contribution is -0.282. The lowest BCUT2D eigenvalue weighted by atomic mass is 10.1. The molecular weight excluding hydrogens is 702 g/mol. The van der Waals surface area contributed by atoms with Gasteiger partial charge in [-0.1, -0.05) is 15.5 Å². The van der Waals surface area contributed by atoms with E-state index in [1.807, 2.05) is 4.72 Å². The van der Waals surface area contributed by atoms with Crippen molar-refractivity contribution in [3.05, 3.63) is 24.4 Å². The summed E-state index contributed by atoms with van der Waals surface area (Å²) >= 11 is 5.34. The zero-order chi connectivity index (χ0) is 53.9. The Morgan fingerprint density at radius 2 is 1.31 bits per heavy atom. The summed E-state index contributed by atoms with van der Waals surface area (Å²) in [6.45, 7) is 0.297. The highest BCUT2D eigenvalue weighted by Crippen LogP contribution is 2.20. The third-order valence-corrected chi connectivity index (χ3v) is 8.09. The van der Waals surface area contributed by atoms with Crippen LogP contribution in [0.5, 0.6) is 0 Å². The van der Waals surface area contributed by atoms with Crippen LogP contribution in [-0.4, -0.2) is 81.0 Å².